The molecule has 0 spiro atoms. The van der Waals surface area contributed by atoms with E-state index in [0.29, 0.717) is 23.5 Å². The molecule has 21 heavy (non-hydrogen) atoms. The van der Waals surface area contributed by atoms with Crippen LogP contribution in [0.15, 0.2) is 18.2 Å². The van der Waals surface area contributed by atoms with Crippen LogP contribution >= 0.6 is 11.6 Å². The van der Waals surface area contributed by atoms with Crippen LogP contribution in [-0.4, -0.2) is 28.6 Å². The number of anilines is 3. The van der Waals surface area contributed by atoms with Crippen molar-refractivity contribution in [3.05, 3.63) is 28.8 Å². The molecule has 0 fully saturated rings. The molecule has 0 bridgehead atoms. The molecule has 2 N–H and O–H groups in total. The molecule has 7 heteroatoms. The quantitative estimate of drug-likeness (QED) is 0.852. The van der Waals surface area contributed by atoms with Crippen molar-refractivity contribution in [2.75, 3.05) is 24.3 Å². The van der Waals surface area contributed by atoms with Gasteiger partial charge in [-0.25, -0.2) is 0 Å². The number of hydrogen-bond acceptors (Lipinski definition) is 6. The second kappa shape index (κ2) is 7.08. The first-order chi connectivity index (χ1) is 10.1. The summed E-state index contributed by atoms with van der Waals surface area (Å²) in [5.41, 5.74) is 1.82. The van der Waals surface area contributed by atoms with Crippen molar-refractivity contribution in [1.29, 1.82) is 0 Å². The van der Waals surface area contributed by atoms with Crippen LogP contribution < -0.4 is 15.4 Å². The fourth-order valence-electron chi connectivity index (χ4n) is 1.58. The Morgan fingerprint density at radius 1 is 1.19 bits per heavy atom. The number of aryl methyl sites for hydroxylation is 1. The van der Waals surface area contributed by atoms with Gasteiger partial charge in [-0.15, -0.1) is 0 Å². The molecule has 2 aromatic rings. The Bertz CT molecular complexity index is 620. The summed E-state index contributed by atoms with van der Waals surface area (Å²) in [6, 6.07) is 5.96. The van der Waals surface area contributed by atoms with Gasteiger partial charge < -0.3 is 15.4 Å². The first-order valence-corrected chi connectivity index (χ1v) is 7.10. The lowest BCUT2D eigenvalue weighted by molar-refractivity contribution is 0.292. The van der Waals surface area contributed by atoms with Crippen molar-refractivity contribution in [3.63, 3.8) is 0 Å². The van der Waals surface area contributed by atoms with E-state index >= 15 is 0 Å². The standard InChI is InChI=1S/C14H18ClN5O/c1-4-7-21-14-19-12(16-3)18-13(20-14)17-10-6-5-9(2)11(15)8-10/h5-6,8H,4,7H2,1-3H3,(H2,16,17,18,19,20). The fraction of sp³-hybridized carbons (Fsp3) is 0.357. The molecular weight excluding hydrogens is 290 g/mol. The van der Waals surface area contributed by atoms with Crippen molar-refractivity contribution in [3.8, 4) is 6.01 Å². The van der Waals surface area contributed by atoms with E-state index in [1.54, 1.807) is 7.05 Å². The second-order valence-electron chi connectivity index (χ2n) is 4.45. The molecule has 0 aliphatic carbocycles. The Hall–Kier alpha value is -2.08. The van der Waals surface area contributed by atoms with Crippen LogP contribution in [0.1, 0.15) is 18.9 Å². The Morgan fingerprint density at radius 3 is 2.62 bits per heavy atom. The molecule has 0 saturated heterocycles. The third kappa shape index (κ3) is 4.19. The second-order valence-corrected chi connectivity index (χ2v) is 4.86. The number of rotatable bonds is 6. The van der Waals surface area contributed by atoms with Crippen LogP contribution in [0.5, 0.6) is 6.01 Å². The number of hydrogen-bond donors (Lipinski definition) is 2. The van der Waals surface area contributed by atoms with Crippen LogP contribution in [0.2, 0.25) is 5.02 Å². The van der Waals surface area contributed by atoms with Gasteiger partial charge in [-0.05, 0) is 31.0 Å². The first kappa shape index (κ1) is 15.3. The summed E-state index contributed by atoms with van der Waals surface area (Å²) >= 11 is 6.11. The van der Waals surface area contributed by atoms with Crippen molar-refractivity contribution in [2.45, 2.75) is 20.3 Å². The minimum absolute atomic E-state index is 0.289. The van der Waals surface area contributed by atoms with Gasteiger partial charge in [-0.2, -0.15) is 15.0 Å². The zero-order chi connectivity index (χ0) is 15.2. The van der Waals surface area contributed by atoms with E-state index in [9.17, 15) is 0 Å². The molecule has 2 rings (SSSR count). The average molecular weight is 308 g/mol. The highest BCUT2D eigenvalue weighted by Gasteiger charge is 2.07. The molecule has 0 radical (unpaired) electrons. The monoisotopic (exact) mass is 307 g/mol. The molecule has 1 heterocycles. The summed E-state index contributed by atoms with van der Waals surface area (Å²) in [5, 5.41) is 6.66. The predicted molar refractivity (Wildman–Crippen MR) is 84.6 cm³/mol. The lowest BCUT2D eigenvalue weighted by Gasteiger charge is -2.09. The lowest BCUT2D eigenvalue weighted by Crippen LogP contribution is -2.07. The average Bonchev–Trinajstić information content (AvgIpc) is 2.48. The lowest BCUT2D eigenvalue weighted by atomic mass is 10.2. The summed E-state index contributed by atoms with van der Waals surface area (Å²) < 4.78 is 5.45. The minimum atomic E-state index is 0.289. The van der Waals surface area contributed by atoms with Crippen LogP contribution in [0.3, 0.4) is 0 Å². The molecule has 0 amide bonds. The maximum Gasteiger partial charge on any atom is 0.323 e. The summed E-state index contributed by atoms with van der Waals surface area (Å²) in [6.45, 7) is 4.53. The zero-order valence-electron chi connectivity index (χ0n) is 12.3. The highest BCUT2D eigenvalue weighted by molar-refractivity contribution is 6.31. The third-order valence-electron chi connectivity index (χ3n) is 2.70. The summed E-state index contributed by atoms with van der Waals surface area (Å²) in [6.07, 6.45) is 0.886. The molecule has 1 aromatic carbocycles. The minimum Gasteiger partial charge on any atom is -0.463 e. The number of ether oxygens (including phenoxy) is 1. The third-order valence-corrected chi connectivity index (χ3v) is 3.11. The van der Waals surface area contributed by atoms with Crippen LogP contribution in [0, 0.1) is 6.92 Å². The van der Waals surface area contributed by atoms with E-state index in [4.69, 9.17) is 16.3 Å². The van der Waals surface area contributed by atoms with E-state index in [-0.39, 0.29) is 6.01 Å². The van der Waals surface area contributed by atoms with Gasteiger partial charge in [-0.1, -0.05) is 24.6 Å². The van der Waals surface area contributed by atoms with Crippen molar-refractivity contribution >= 4 is 29.2 Å². The molecular formula is C14H18ClN5O. The Kier molecular flexibility index (Phi) is 5.16. The van der Waals surface area contributed by atoms with Crippen molar-refractivity contribution in [1.82, 2.24) is 15.0 Å². The van der Waals surface area contributed by atoms with Gasteiger partial charge in [0.25, 0.3) is 0 Å². The Balaban J connectivity index is 2.23. The highest BCUT2D eigenvalue weighted by Crippen LogP contribution is 2.22. The number of aromatic nitrogens is 3. The predicted octanol–water partition coefficient (Wildman–Crippen LogP) is 3.41. The normalized spacial score (nSPS) is 10.3. The van der Waals surface area contributed by atoms with E-state index < -0.39 is 0 Å². The maximum atomic E-state index is 6.11. The summed E-state index contributed by atoms with van der Waals surface area (Å²) in [5.74, 6) is 0.845. The van der Waals surface area contributed by atoms with Gasteiger partial charge in [0, 0.05) is 17.8 Å². The van der Waals surface area contributed by atoms with Gasteiger partial charge in [0.2, 0.25) is 11.9 Å². The smallest absolute Gasteiger partial charge is 0.323 e. The molecule has 0 aliphatic heterocycles. The fourth-order valence-corrected chi connectivity index (χ4v) is 1.76. The largest absolute Gasteiger partial charge is 0.463 e. The van der Waals surface area contributed by atoms with Gasteiger partial charge in [0.05, 0.1) is 6.61 Å². The van der Waals surface area contributed by atoms with Gasteiger partial charge in [0.15, 0.2) is 0 Å². The van der Waals surface area contributed by atoms with Crippen LogP contribution in [0.4, 0.5) is 17.6 Å². The molecule has 6 nitrogen and oxygen atoms in total. The van der Waals surface area contributed by atoms with E-state index in [0.717, 1.165) is 17.7 Å². The Labute approximate surface area is 128 Å². The number of nitrogens with zero attached hydrogens (tertiary/aromatic N) is 3. The molecule has 112 valence electrons. The van der Waals surface area contributed by atoms with Crippen molar-refractivity contribution in [2.24, 2.45) is 0 Å². The van der Waals surface area contributed by atoms with E-state index in [1.807, 2.05) is 32.0 Å². The summed E-state index contributed by atoms with van der Waals surface area (Å²) in [7, 11) is 1.74. The van der Waals surface area contributed by atoms with E-state index in [1.165, 1.54) is 0 Å². The van der Waals surface area contributed by atoms with Crippen LogP contribution in [0.25, 0.3) is 0 Å². The molecule has 0 atom stereocenters. The van der Waals surface area contributed by atoms with Gasteiger partial charge >= 0.3 is 6.01 Å². The molecule has 0 saturated carbocycles. The SMILES string of the molecule is CCCOc1nc(NC)nc(Nc2ccc(C)c(Cl)c2)n1. The first-order valence-electron chi connectivity index (χ1n) is 6.72. The number of halogens is 1. The zero-order valence-corrected chi connectivity index (χ0v) is 13.0. The molecule has 0 aliphatic rings. The molecule has 1 aromatic heterocycles. The van der Waals surface area contributed by atoms with Gasteiger partial charge in [0.1, 0.15) is 0 Å². The highest BCUT2D eigenvalue weighted by atomic mass is 35.5. The maximum absolute atomic E-state index is 6.11. The summed E-state index contributed by atoms with van der Waals surface area (Å²) in [4.78, 5) is 12.6. The van der Waals surface area contributed by atoms with Gasteiger partial charge in [-0.3, -0.25) is 0 Å². The van der Waals surface area contributed by atoms with Crippen LogP contribution in [-0.2, 0) is 0 Å². The topological polar surface area (TPSA) is 72.0 Å². The number of benzene rings is 1. The van der Waals surface area contributed by atoms with Crippen molar-refractivity contribution < 1.29 is 4.74 Å². The molecule has 0 unspecified atom stereocenters. The number of nitrogens with one attached hydrogen (secondary N) is 2. The Morgan fingerprint density at radius 2 is 1.95 bits per heavy atom. The van der Waals surface area contributed by atoms with E-state index in [2.05, 4.69) is 25.6 Å².